The first-order valence-corrected chi connectivity index (χ1v) is 12.3. The Kier molecular flexibility index (Phi) is 6.22. The molecule has 8 heteroatoms. The van der Waals surface area contributed by atoms with Gasteiger partial charge in [0.2, 0.25) is 12.7 Å². The van der Waals surface area contributed by atoms with E-state index in [1.54, 1.807) is 19.1 Å². The lowest BCUT2D eigenvalue weighted by atomic mass is 9.94. The molecule has 1 amide bonds. The number of hydrogen-bond donors (Lipinski definition) is 3. The molecule has 5 rings (SSSR count). The van der Waals surface area contributed by atoms with E-state index in [1.165, 1.54) is 0 Å². The number of benzene rings is 3. The number of nitrogens with one attached hydrogen (secondary N) is 2. The fraction of sp³-hybridized carbons (Fsp3) is 0.269. The van der Waals surface area contributed by atoms with Crippen molar-refractivity contribution in [2.24, 2.45) is 0 Å². The highest BCUT2D eigenvalue weighted by molar-refractivity contribution is 7.89. The van der Waals surface area contributed by atoms with E-state index < -0.39 is 22.9 Å². The van der Waals surface area contributed by atoms with Crippen molar-refractivity contribution in [3.63, 3.8) is 0 Å². The Labute approximate surface area is 201 Å². The molecule has 1 unspecified atom stereocenters. The summed E-state index contributed by atoms with van der Waals surface area (Å²) in [7, 11) is 0. The van der Waals surface area contributed by atoms with Gasteiger partial charge in [-0.2, -0.15) is 0 Å². The Balaban J connectivity index is 1.28. The summed E-state index contributed by atoms with van der Waals surface area (Å²) in [6.07, 6.45) is 1.01. The lowest BCUT2D eigenvalue weighted by molar-refractivity contribution is -0.118. The van der Waals surface area contributed by atoms with Gasteiger partial charge in [0, 0.05) is 5.69 Å². The Morgan fingerprint density at radius 1 is 1.06 bits per heavy atom. The summed E-state index contributed by atoms with van der Waals surface area (Å²) in [6.45, 7) is 2.10. The van der Waals surface area contributed by atoms with Crippen LogP contribution in [0.4, 0.5) is 5.69 Å². The van der Waals surface area contributed by atoms with Crippen LogP contribution in [0.5, 0.6) is 11.5 Å². The van der Waals surface area contributed by atoms with E-state index in [0.717, 1.165) is 35.2 Å². The summed E-state index contributed by atoms with van der Waals surface area (Å²) in [6, 6.07) is 20.8. The molecule has 1 aliphatic carbocycles. The summed E-state index contributed by atoms with van der Waals surface area (Å²) in [5.41, 5.74) is 3.02. The lowest BCUT2D eigenvalue weighted by Crippen LogP contribution is -2.30. The van der Waals surface area contributed by atoms with E-state index in [1.807, 2.05) is 54.6 Å². The van der Waals surface area contributed by atoms with Gasteiger partial charge in [0.05, 0.1) is 29.4 Å². The number of carbonyl (C=O) groups excluding carboxylic acids is 1. The fourth-order valence-electron chi connectivity index (χ4n) is 4.04. The highest BCUT2D eigenvalue weighted by atomic mass is 32.2. The third-order valence-corrected chi connectivity index (χ3v) is 7.27. The van der Waals surface area contributed by atoms with E-state index >= 15 is 0 Å². The van der Waals surface area contributed by atoms with E-state index in [-0.39, 0.29) is 19.2 Å². The van der Waals surface area contributed by atoms with Gasteiger partial charge in [-0.25, -0.2) is 0 Å². The molecular weight excluding hydrogens is 452 g/mol. The molecule has 176 valence electrons. The van der Waals surface area contributed by atoms with Gasteiger partial charge in [-0.3, -0.25) is 4.79 Å². The molecule has 1 saturated carbocycles. The largest absolute Gasteiger partial charge is 0.593 e. The van der Waals surface area contributed by atoms with E-state index in [0.29, 0.717) is 16.4 Å². The van der Waals surface area contributed by atoms with Gasteiger partial charge in [-0.1, -0.05) is 18.2 Å². The average Bonchev–Trinajstić information content (AvgIpc) is 3.53. The van der Waals surface area contributed by atoms with Crippen LogP contribution in [0.3, 0.4) is 0 Å². The molecule has 0 saturated heterocycles. The van der Waals surface area contributed by atoms with Crippen LogP contribution in [-0.2, 0) is 21.6 Å². The van der Waals surface area contributed by atoms with Gasteiger partial charge in [0.15, 0.2) is 16.4 Å². The van der Waals surface area contributed by atoms with Crippen LogP contribution in [-0.4, -0.2) is 35.0 Å². The van der Waals surface area contributed by atoms with Crippen LogP contribution < -0.4 is 19.5 Å². The summed E-state index contributed by atoms with van der Waals surface area (Å²) >= 11 is -1.39. The molecule has 1 fully saturated rings. The molecule has 2 atom stereocenters. The summed E-state index contributed by atoms with van der Waals surface area (Å²) < 4.78 is 25.9. The third-order valence-electron chi connectivity index (χ3n) is 6.14. The third kappa shape index (κ3) is 4.63. The van der Waals surface area contributed by atoms with Crippen molar-refractivity contribution >= 4 is 23.0 Å². The number of anilines is 1. The summed E-state index contributed by atoms with van der Waals surface area (Å²) in [5, 5.41) is 12.4. The van der Waals surface area contributed by atoms with E-state index in [9.17, 15) is 14.5 Å². The highest BCUT2D eigenvalue weighted by Crippen LogP contribution is 2.51. The predicted molar refractivity (Wildman–Crippen MR) is 130 cm³/mol. The average molecular weight is 479 g/mol. The van der Waals surface area contributed by atoms with Gasteiger partial charge in [-0.05, 0) is 85.0 Å². The monoisotopic (exact) mass is 478 g/mol. The maximum absolute atomic E-state index is 13.2. The Morgan fingerprint density at radius 2 is 1.82 bits per heavy atom. The van der Waals surface area contributed by atoms with Crippen LogP contribution in [0.15, 0.2) is 71.6 Å². The minimum atomic E-state index is -1.39. The molecule has 2 aliphatic rings. The SMILES string of the molecule is C[C@H](O)CN[S+]([O-])c1ccc(-c2cccc(NC(=O)C3(c4ccc5c(c4)OCO5)CC3)c2)cc1. The number of amides is 1. The zero-order valence-corrected chi connectivity index (χ0v) is 19.6. The van der Waals surface area contributed by atoms with Crippen LogP contribution in [0, 0.1) is 0 Å². The van der Waals surface area contributed by atoms with Gasteiger partial charge < -0.3 is 24.4 Å². The molecule has 34 heavy (non-hydrogen) atoms. The molecule has 0 aromatic heterocycles. The molecule has 1 aliphatic heterocycles. The minimum Gasteiger partial charge on any atom is -0.593 e. The number of hydrogen-bond acceptors (Lipinski definition) is 6. The molecule has 3 aromatic carbocycles. The van der Waals surface area contributed by atoms with Crippen molar-refractivity contribution < 1.29 is 23.9 Å². The number of ether oxygens (including phenoxy) is 2. The van der Waals surface area contributed by atoms with E-state index in [2.05, 4.69) is 10.0 Å². The van der Waals surface area contributed by atoms with Crippen LogP contribution in [0.1, 0.15) is 25.3 Å². The number of carbonyl (C=O) groups is 1. The molecular formula is C26H26N2O5S. The lowest BCUT2D eigenvalue weighted by Gasteiger charge is -2.17. The van der Waals surface area contributed by atoms with Gasteiger partial charge >= 0.3 is 0 Å². The Hall–Kier alpha value is -3.04. The van der Waals surface area contributed by atoms with Gasteiger partial charge in [-0.15, -0.1) is 4.72 Å². The quantitative estimate of drug-likeness (QED) is 0.426. The molecule has 7 nitrogen and oxygen atoms in total. The second-order valence-corrected chi connectivity index (χ2v) is 9.97. The summed E-state index contributed by atoms with van der Waals surface area (Å²) in [4.78, 5) is 13.9. The molecule has 0 radical (unpaired) electrons. The second-order valence-electron chi connectivity index (χ2n) is 8.68. The first-order chi connectivity index (χ1) is 16.4. The Bertz CT molecular complexity index is 1190. The van der Waals surface area contributed by atoms with Crippen molar-refractivity contribution in [1.82, 2.24) is 4.72 Å². The number of fused-ring (bicyclic) bond motifs is 1. The van der Waals surface area contributed by atoms with Crippen LogP contribution in [0.25, 0.3) is 11.1 Å². The number of rotatable bonds is 8. The van der Waals surface area contributed by atoms with Crippen molar-refractivity contribution in [2.75, 3.05) is 18.7 Å². The zero-order chi connectivity index (χ0) is 23.7. The smallest absolute Gasteiger partial charge is 0.235 e. The molecule has 1 heterocycles. The van der Waals surface area contributed by atoms with Crippen molar-refractivity contribution in [1.29, 1.82) is 0 Å². The van der Waals surface area contributed by atoms with Crippen molar-refractivity contribution in [3.8, 4) is 22.6 Å². The van der Waals surface area contributed by atoms with Crippen LogP contribution >= 0.6 is 0 Å². The number of aliphatic hydroxyl groups excluding tert-OH is 1. The first kappa shape index (κ1) is 22.7. The maximum Gasteiger partial charge on any atom is 0.235 e. The molecule has 0 spiro atoms. The standard InChI is InChI=1S/C26H26N2O5S/c1-17(29)15-27-34(31)22-8-5-18(6-9-22)19-3-2-4-21(13-19)28-25(30)26(11-12-26)20-7-10-23-24(14-20)33-16-32-23/h2-10,13-14,17,27,29H,11-12,15-16H2,1H3,(H,28,30)/t17-,34?/m0/s1. The van der Waals surface area contributed by atoms with Crippen molar-refractivity contribution in [3.05, 3.63) is 72.3 Å². The van der Waals surface area contributed by atoms with Gasteiger partial charge in [0.1, 0.15) is 0 Å². The zero-order valence-electron chi connectivity index (χ0n) is 18.7. The molecule has 0 bridgehead atoms. The van der Waals surface area contributed by atoms with E-state index in [4.69, 9.17) is 9.47 Å². The molecule has 3 aromatic rings. The highest BCUT2D eigenvalue weighted by Gasteiger charge is 2.51. The topological polar surface area (TPSA) is 103 Å². The van der Waals surface area contributed by atoms with Crippen molar-refractivity contribution in [2.45, 2.75) is 36.2 Å². The normalized spacial score (nSPS) is 17.1. The maximum atomic E-state index is 13.2. The second kappa shape index (κ2) is 9.31. The molecule has 3 N–H and O–H groups in total. The Morgan fingerprint density at radius 3 is 2.56 bits per heavy atom. The predicted octanol–water partition coefficient (Wildman–Crippen LogP) is 3.75. The van der Waals surface area contributed by atoms with Crippen LogP contribution in [0.2, 0.25) is 0 Å². The summed E-state index contributed by atoms with van der Waals surface area (Å²) in [5.74, 6) is 1.36. The minimum absolute atomic E-state index is 0.0292. The van der Waals surface area contributed by atoms with Gasteiger partial charge in [0.25, 0.3) is 0 Å². The fourth-order valence-corrected chi connectivity index (χ4v) is 4.99. The first-order valence-electron chi connectivity index (χ1n) is 11.2. The number of aliphatic hydroxyl groups is 1.